The summed E-state index contributed by atoms with van der Waals surface area (Å²) in [7, 11) is 0. The molecule has 1 aliphatic heterocycles. The molecule has 140 valence electrons. The Morgan fingerprint density at radius 2 is 1.88 bits per heavy atom. The number of nitrogens with one attached hydrogen (secondary N) is 1. The highest BCUT2D eigenvalue weighted by Crippen LogP contribution is 2.21. The summed E-state index contributed by atoms with van der Waals surface area (Å²) in [6.45, 7) is 10.4. The Labute approximate surface area is 153 Å². The van der Waals surface area contributed by atoms with Crippen molar-refractivity contribution in [1.29, 1.82) is 0 Å². The van der Waals surface area contributed by atoms with Gasteiger partial charge in [-0.25, -0.2) is 0 Å². The first kappa shape index (κ1) is 18.6. The molecule has 0 saturated carbocycles. The minimum Gasteiger partial charge on any atom is -0.451 e. The molecule has 0 unspecified atom stereocenters. The van der Waals surface area contributed by atoms with E-state index in [1.807, 2.05) is 0 Å². The number of carbonyl (C=O) groups is 1. The number of morpholine rings is 1. The summed E-state index contributed by atoms with van der Waals surface area (Å²) in [6.07, 6.45) is 0.319. The molecule has 1 saturated heterocycles. The van der Waals surface area contributed by atoms with Crippen LogP contribution in [-0.4, -0.2) is 48.2 Å². The van der Waals surface area contributed by atoms with Crippen LogP contribution in [0.1, 0.15) is 38.2 Å². The Bertz CT molecular complexity index is 848. The highest BCUT2D eigenvalue weighted by Gasteiger charge is 2.33. The van der Waals surface area contributed by atoms with Gasteiger partial charge in [-0.15, -0.1) is 0 Å². The van der Waals surface area contributed by atoms with Crippen molar-refractivity contribution >= 4 is 16.9 Å². The largest absolute Gasteiger partial charge is 0.451 e. The van der Waals surface area contributed by atoms with E-state index >= 15 is 0 Å². The minimum absolute atomic E-state index is 0.0354. The van der Waals surface area contributed by atoms with Crippen LogP contribution in [0.25, 0.3) is 11.0 Å². The van der Waals surface area contributed by atoms with Gasteiger partial charge in [-0.2, -0.15) is 0 Å². The van der Waals surface area contributed by atoms with Crippen molar-refractivity contribution in [2.45, 2.75) is 45.4 Å². The SMILES string of the molecule is C[C@H]1CN(C(C)(C)CNC(=O)c2cc(=O)c3ccccc3o2)C[C@H](C)O1. The van der Waals surface area contributed by atoms with Crippen molar-refractivity contribution in [3.63, 3.8) is 0 Å². The van der Waals surface area contributed by atoms with E-state index in [1.165, 1.54) is 6.07 Å². The summed E-state index contributed by atoms with van der Waals surface area (Å²) in [4.78, 5) is 27.0. The number of hydrogen-bond acceptors (Lipinski definition) is 5. The van der Waals surface area contributed by atoms with E-state index in [-0.39, 0.29) is 34.8 Å². The number of ether oxygens (including phenoxy) is 1. The van der Waals surface area contributed by atoms with Gasteiger partial charge in [-0.05, 0) is 39.8 Å². The lowest BCUT2D eigenvalue weighted by atomic mass is 10.00. The summed E-state index contributed by atoms with van der Waals surface area (Å²) in [5.74, 6) is -0.344. The zero-order valence-corrected chi connectivity index (χ0v) is 15.7. The number of hydrogen-bond donors (Lipinski definition) is 1. The summed E-state index contributed by atoms with van der Waals surface area (Å²) < 4.78 is 11.4. The van der Waals surface area contributed by atoms with Gasteiger partial charge in [0.2, 0.25) is 0 Å². The maximum absolute atomic E-state index is 12.5. The van der Waals surface area contributed by atoms with Crippen molar-refractivity contribution in [3.05, 3.63) is 46.3 Å². The normalized spacial score (nSPS) is 21.7. The number of carbonyl (C=O) groups excluding carboxylic acids is 1. The smallest absolute Gasteiger partial charge is 0.287 e. The second-order valence-electron chi connectivity index (χ2n) is 7.63. The van der Waals surface area contributed by atoms with E-state index in [4.69, 9.17) is 9.15 Å². The first-order valence-corrected chi connectivity index (χ1v) is 8.98. The van der Waals surface area contributed by atoms with Crippen molar-refractivity contribution in [3.8, 4) is 0 Å². The van der Waals surface area contributed by atoms with Gasteiger partial charge in [-0.1, -0.05) is 12.1 Å². The molecule has 0 bridgehead atoms. The summed E-state index contributed by atoms with van der Waals surface area (Å²) in [6, 6.07) is 8.17. The molecule has 0 aliphatic carbocycles. The Hall–Kier alpha value is -2.18. The van der Waals surface area contributed by atoms with Crippen LogP contribution >= 0.6 is 0 Å². The summed E-state index contributed by atoms with van der Waals surface area (Å²) in [5, 5.41) is 3.38. The van der Waals surface area contributed by atoms with Crippen LogP contribution in [-0.2, 0) is 4.74 Å². The zero-order valence-electron chi connectivity index (χ0n) is 15.7. The topological polar surface area (TPSA) is 71.8 Å². The van der Waals surface area contributed by atoms with Gasteiger partial charge in [0.15, 0.2) is 11.2 Å². The molecule has 2 aromatic rings. The molecule has 1 aromatic carbocycles. The van der Waals surface area contributed by atoms with Gasteiger partial charge < -0.3 is 14.5 Å². The van der Waals surface area contributed by atoms with Crippen LogP contribution in [0.15, 0.2) is 39.5 Å². The van der Waals surface area contributed by atoms with E-state index in [2.05, 4.69) is 37.9 Å². The van der Waals surface area contributed by atoms with Crippen LogP contribution < -0.4 is 10.7 Å². The average Bonchev–Trinajstić information content (AvgIpc) is 2.59. The Morgan fingerprint density at radius 1 is 1.23 bits per heavy atom. The van der Waals surface area contributed by atoms with E-state index in [1.54, 1.807) is 24.3 Å². The number of para-hydroxylation sites is 1. The molecule has 1 N–H and O–H groups in total. The minimum atomic E-state index is -0.379. The lowest BCUT2D eigenvalue weighted by molar-refractivity contribution is -0.0948. The summed E-state index contributed by atoms with van der Waals surface area (Å²) >= 11 is 0. The first-order valence-electron chi connectivity index (χ1n) is 8.98. The molecule has 2 heterocycles. The van der Waals surface area contributed by atoms with E-state index in [9.17, 15) is 9.59 Å². The Balaban J connectivity index is 1.71. The predicted molar refractivity (Wildman–Crippen MR) is 100 cm³/mol. The molecule has 0 spiro atoms. The van der Waals surface area contributed by atoms with E-state index in [0.29, 0.717) is 17.5 Å². The Morgan fingerprint density at radius 3 is 2.58 bits per heavy atom. The number of benzene rings is 1. The second kappa shape index (κ2) is 7.21. The maximum Gasteiger partial charge on any atom is 0.287 e. The van der Waals surface area contributed by atoms with Crippen molar-refractivity contribution < 1.29 is 13.9 Å². The fraction of sp³-hybridized carbons (Fsp3) is 0.500. The molecule has 1 aliphatic rings. The number of fused-ring (bicyclic) bond motifs is 1. The lowest BCUT2D eigenvalue weighted by Crippen LogP contribution is -2.58. The molecule has 1 amide bonds. The number of nitrogens with zero attached hydrogens (tertiary/aromatic N) is 1. The molecule has 3 rings (SSSR count). The van der Waals surface area contributed by atoms with E-state index in [0.717, 1.165) is 13.1 Å². The van der Waals surface area contributed by atoms with Gasteiger partial charge in [-0.3, -0.25) is 14.5 Å². The van der Waals surface area contributed by atoms with Gasteiger partial charge in [0.05, 0.1) is 17.6 Å². The monoisotopic (exact) mass is 358 g/mol. The molecule has 26 heavy (non-hydrogen) atoms. The average molecular weight is 358 g/mol. The fourth-order valence-electron chi connectivity index (χ4n) is 3.38. The highest BCUT2D eigenvalue weighted by molar-refractivity contribution is 5.93. The standard InChI is InChI=1S/C20H26N2O4/c1-13-10-22(11-14(2)25-13)20(3,4)12-21-19(24)18-9-16(23)15-7-5-6-8-17(15)26-18/h5-9,13-14H,10-12H2,1-4H3,(H,21,24)/t13-,14-/m0/s1. The van der Waals surface area contributed by atoms with Crippen molar-refractivity contribution in [2.24, 2.45) is 0 Å². The third kappa shape index (κ3) is 3.97. The zero-order chi connectivity index (χ0) is 18.9. The van der Waals surface area contributed by atoms with Crippen LogP contribution in [0.2, 0.25) is 0 Å². The van der Waals surface area contributed by atoms with Crippen LogP contribution in [0.5, 0.6) is 0 Å². The molecule has 1 fully saturated rings. The summed E-state index contributed by atoms with van der Waals surface area (Å²) in [5.41, 5.74) is -0.0358. The van der Waals surface area contributed by atoms with Gasteiger partial charge in [0.1, 0.15) is 5.58 Å². The molecule has 1 aromatic heterocycles. The molecule has 6 nitrogen and oxygen atoms in total. The second-order valence-corrected chi connectivity index (χ2v) is 7.63. The fourth-order valence-corrected chi connectivity index (χ4v) is 3.38. The van der Waals surface area contributed by atoms with Gasteiger partial charge in [0, 0.05) is 31.2 Å². The van der Waals surface area contributed by atoms with Crippen molar-refractivity contribution in [1.82, 2.24) is 10.2 Å². The van der Waals surface area contributed by atoms with Crippen LogP contribution in [0.3, 0.4) is 0 Å². The van der Waals surface area contributed by atoms with Crippen LogP contribution in [0, 0.1) is 0 Å². The number of rotatable bonds is 4. The number of amides is 1. The molecular formula is C20H26N2O4. The predicted octanol–water partition coefficient (Wildman–Crippen LogP) is 2.41. The molecule has 2 atom stereocenters. The molecule has 6 heteroatoms. The third-order valence-corrected chi connectivity index (χ3v) is 4.82. The van der Waals surface area contributed by atoms with Crippen LogP contribution in [0.4, 0.5) is 0 Å². The quantitative estimate of drug-likeness (QED) is 0.909. The third-order valence-electron chi connectivity index (χ3n) is 4.82. The molecule has 0 radical (unpaired) electrons. The van der Waals surface area contributed by atoms with Gasteiger partial charge >= 0.3 is 0 Å². The van der Waals surface area contributed by atoms with Gasteiger partial charge in [0.25, 0.3) is 5.91 Å². The highest BCUT2D eigenvalue weighted by atomic mass is 16.5. The first-order chi connectivity index (χ1) is 12.3. The lowest BCUT2D eigenvalue weighted by Gasteiger charge is -2.45. The van der Waals surface area contributed by atoms with E-state index < -0.39 is 0 Å². The maximum atomic E-state index is 12.5. The molecular weight excluding hydrogens is 332 g/mol. The van der Waals surface area contributed by atoms with Crippen molar-refractivity contribution in [2.75, 3.05) is 19.6 Å². The Kier molecular flexibility index (Phi) is 5.16.